The summed E-state index contributed by atoms with van der Waals surface area (Å²) < 4.78 is 0. The van der Waals surface area contributed by atoms with E-state index < -0.39 is 0 Å². The molecule has 1 aromatic heterocycles. The number of hydrogen-bond donors (Lipinski definition) is 2. The highest BCUT2D eigenvalue weighted by Crippen LogP contribution is 2.25. The minimum Gasteiger partial charge on any atom is -0.396 e. The minimum absolute atomic E-state index is 0.314. The molecule has 0 unspecified atom stereocenters. The smallest absolute Gasteiger partial charge is 0.222 e. The Morgan fingerprint density at radius 2 is 1.62 bits per heavy atom. The van der Waals surface area contributed by atoms with Crippen LogP contribution in [-0.4, -0.2) is 27.7 Å². The van der Waals surface area contributed by atoms with Crippen LogP contribution in [0.1, 0.15) is 25.7 Å². The zero-order valence-corrected chi connectivity index (χ0v) is 12.1. The molecule has 2 aromatic rings. The fourth-order valence-electron chi connectivity index (χ4n) is 2.85. The molecule has 1 aromatic carbocycles. The molecule has 1 heterocycles. The second kappa shape index (κ2) is 6.68. The van der Waals surface area contributed by atoms with E-state index in [2.05, 4.69) is 27.4 Å². The number of nitrogens with one attached hydrogen (secondary N) is 1. The molecule has 4 nitrogen and oxygen atoms in total. The summed E-state index contributed by atoms with van der Waals surface area (Å²) in [7, 11) is 0. The van der Waals surface area contributed by atoms with E-state index in [-0.39, 0.29) is 0 Å². The van der Waals surface area contributed by atoms with Gasteiger partial charge in [-0.25, -0.2) is 9.97 Å². The van der Waals surface area contributed by atoms with Crippen molar-refractivity contribution in [2.24, 2.45) is 5.92 Å². The summed E-state index contributed by atoms with van der Waals surface area (Å²) in [6, 6.07) is 10.6. The topological polar surface area (TPSA) is 58.0 Å². The average Bonchev–Trinajstić information content (AvgIpc) is 2.57. The van der Waals surface area contributed by atoms with Crippen molar-refractivity contribution in [1.82, 2.24) is 9.97 Å². The van der Waals surface area contributed by atoms with Gasteiger partial charge in [-0.2, -0.15) is 0 Å². The van der Waals surface area contributed by atoms with Gasteiger partial charge >= 0.3 is 0 Å². The highest BCUT2D eigenvalue weighted by molar-refractivity contribution is 5.61. The Bertz CT molecular complexity index is 548. The first-order valence-electron chi connectivity index (χ1n) is 7.60. The third kappa shape index (κ3) is 3.58. The molecule has 2 N–H and O–H groups in total. The number of hydrogen-bond acceptors (Lipinski definition) is 4. The second-order valence-electron chi connectivity index (χ2n) is 5.71. The highest BCUT2D eigenvalue weighted by Gasteiger charge is 2.20. The van der Waals surface area contributed by atoms with Crippen LogP contribution < -0.4 is 5.32 Å². The fourth-order valence-corrected chi connectivity index (χ4v) is 2.85. The van der Waals surface area contributed by atoms with E-state index >= 15 is 0 Å². The van der Waals surface area contributed by atoms with Crippen molar-refractivity contribution in [3.8, 4) is 11.1 Å². The van der Waals surface area contributed by atoms with Crippen molar-refractivity contribution in [2.45, 2.75) is 31.7 Å². The zero-order chi connectivity index (χ0) is 14.5. The lowest BCUT2D eigenvalue weighted by molar-refractivity contribution is 0.185. The summed E-state index contributed by atoms with van der Waals surface area (Å²) in [5, 5.41) is 12.6. The lowest BCUT2D eigenvalue weighted by Crippen LogP contribution is -2.28. The SMILES string of the molecule is OCC1CCC(Nc2ncc(-c3ccccc3)cn2)CC1. The normalized spacial score (nSPS) is 22.0. The van der Waals surface area contributed by atoms with Crippen molar-refractivity contribution in [3.05, 3.63) is 42.7 Å². The minimum atomic E-state index is 0.314. The molecule has 0 saturated heterocycles. The summed E-state index contributed by atoms with van der Waals surface area (Å²) in [4.78, 5) is 8.83. The second-order valence-corrected chi connectivity index (χ2v) is 5.71. The van der Waals surface area contributed by atoms with Gasteiger partial charge in [-0.05, 0) is 37.2 Å². The number of benzene rings is 1. The maximum absolute atomic E-state index is 9.16. The quantitative estimate of drug-likeness (QED) is 0.905. The Hall–Kier alpha value is -1.94. The van der Waals surface area contributed by atoms with Gasteiger partial charge in [0.25, 0.3) is 0 Å². The summed E-state index contributed by atoms with van der Waals surface area (Å²) in [6.07, 6.45) is 8.05. The summed E-state index contributed by atoms with van der Waals surface area (Å²) in [6.45, 7) is 0.314. The van der Waals surface area contributed by atoms with Crippen LogP contribution in [-0.2, 0) is 0 Å². The van der Waals surface area contributed by atoms with E-state index in [0.29, 0.717) is 24.5 Å². The highest BCUT2D eigenvalue weighted by atomic mass is 16.3. The zero-order valence-electron chi connectivity index (χ0n) is 12.1. The van der Waals surface area contributed by atoms with Crippen LogP contribution in [0.5, 0.6) is 0 Å². The van der Waals surface area contributed by atoms with Gasteiger partial charge in [-0.1, -0.05) is 30.3 Å². The first-order valence-corrected chi connectivity index (χ1v) is 7.60. The van der Waals surface area contributed by atoms with Gasteiger partial charge < -0.3 is 10.4 Å². The van der Waals surface area contributed by atoms with Crippen molar-refractivity contribution < 1.29 is 5.11 Å². The molecule has 1 fully saturated rings. The molecule has 3 rings (SSSR count). The largest absolute Gasteiger partial charge is 0.396 e. The average molecular weight is 283 g/mol. The predicted molar refractivity (Wildman–Crippen MR) is 83.9 cm³/mol. The Balaban J connectivity index is 1.60. The van der Waals surface area contributed by atoms with Crippen LogP contribution in [0.2, 0.25) is 0 Å². The Kier molecular flexibility index (Phi) is 4.46. The molecular weight excluding hydrogens is 262 g/mol. The molecule has 1 aliphatic carbocycles. The molecule has 0 atom stereocenters. The summed E-state index contributed by atoms with van der Waals surface area (Å²) in [5.41, 5.74) is 2.16. The van der Waals surface area contributed by atoms with Gasteiger partial charge in [0.2, 0.25) is 5.95 Å². The molecule has 4 heteroatoms. The number of rotatable bonds is 4. The molecule has 0 bridgehead atoms. The first-order chi connectivity index (χ1) is 10.3. The van der Waals surface area contributed by atoms with E-state index in [9.17, 15) is 0 Å². The summed E-state index contributed by atoms with van der Waals surface area (Å²) in [5.74, 6) is 1.17. The molecule has 0 radical (unpaired) electrons. The lowest BCUT2D eigenvalue weighted by Gasteiger charge is -2.27. The standard InChI is InChI=1S/C17H21N3O/c21-12-13-6-8-16(9-7-13)20-17-18-10-15(11-19-17)14-4-2-1-3-5-14/h1-5,10-11,13,16,21H,6-9,12H2,(H,18,19,20). The third-order valence-corrected chi connectivity index (χ3v) is 4.20. The van der Waals surface area contributed by atoms with Crippen LogP contribution in [0.4, 0.5) is 5.95 Å². The third-order valence-electron chi connectivity index (χ3n) is 4.20. The van der Waals surface area contributed by atoms with Crippen LogP contribution in [0, 0.1) is 5.92 Å². The Labute approximate surface area is 125 Å². The monoisotopic (exact) mass is 283 g/mol. The molecule has 0 aliphatic heterocycles. The van der Waals surface area contributed by atoms with Gasteiger partial charge in [-0.3, -0.25) is 0 Å². The molecule has 1 saturated carbocycles. The maximum atomic E-state index is 9.16. The van der Waals surface area contributed by atoms with E-state index in [1.807, 2.05) is 30.6 Å². The lowest BCUT2D eigenvalue weighted by atomic mass is 9.87. The molecule has 0 amide bonds. The number of aromatic nitrogens is 2. The van der Waals surface area contributed by atoms with Crippen molar-refractivity contribution in [2.75, 3.05) is 11.9 Å². The van der Waals surface area contributed by atoms with Gasteiger partial charge in [0.1, 0.15) is 0 Å². The molecule has 1 aliphatic rings. The van der Waals surface area contributed by atoms with Crippen molar-refractivity contribution in [3.63, 3.8) is 0 Å². The van der Waals surface area contributed by atoms with Crippen LogP contribution in [0.15, 0.2) is 42.7 Å². The number of aliphatic hydroxyl groups excluding tert-OH is 1. The van der Waals surface area contributed by atoms with E-state index in [4.69, 9.17) is 5.11 Å². The summed E-state index contributed by atoms with van der Waals surface area (Å²) >= 11 is 0. The van der Waals surface area contributed by atoms with Crippen molar-refractivity contribution >= 4 is 5.95 Å². The maximum Gasteiger partial charge on any atom is 0.222 e. The van der Waals surface area contributed by atoms with Gasteiger partial charge in [0.05, 0.1) is 0 Å². The predicted octanol–water partition coefficient (Wildman–Crippen LogP) is 3.11. The fraction of sp³-hybridized carbons (Fsp3) is 0.412. The van der Waals surface area contributed by atoms with Crippen molar-refractivity contribution in [1.29, 1.82) is 0 Å². The van der Waals surface area contributed by atoms with Gasteiger partial charge in [0.15, 0.2) is 0 Å². The number of nitrogens with zero attached hydrogens (tertiary/aromatic N) is 2. The van der Waals surface area contributed by atoms with E-state index in [1.54, 1.807) is 0 Å². The van der Waals surface area contributed by atoms with Gasteiger partial charge in [-0.15, -0.1) is 0 Å². The molecule has 21 heavy (non-hydrogen) atoms. The first kappa shape index (κ1) is 14.0. The molecular formula is C17H21N3O. The molecule has 0 spiro atoms. The number of aliphatic hydroxyl groups is 1. The van der Waals surface area contributed by atoms with Crippen LogP contribution in [0.3, 0.4) is 0 Å². The Morgan fingerprint density at radius 3 is 2.24 bits per heavy atom. The molecule has 110 valence electrons. The van der Waals surface area contributed by atoms with E-state index in [1.165, 1.54) is 0 Å². The van der Waals surface area contributed by atoms with Crippen LogP contribution in [0.25, 0.3) is 11.1 Å². The van der Waals surface area contributed by atoms with Crippen LogP contribution >= 0.6 is 0 Å². The number of anilines is 1. The Morgan fingerprint density at radius 1 is 0.952 bits per heavy atom. The van der Waals surface area contributed by atoms with E-state index in [0.717, 1.165) is 36.8 Å². The van der Waals surface area contributed by atoms with Gasteiger partial charge in [0, 0.05) is 30.6 Å².